The number of aryl methyl sites for hydroxylation is 2. The number of aromatic nitrogens is 4. The Morgan fingerprint density at radius 2 is 1.48 bits per heavy atom. The largest absolute Gasteiger partial charge is 0.354 e. The van der Waals surface area contributed by atoms with Crippen LogP contribution < -0.4 is 10.2 Å². The minimum atomic E-state index is 0.779. The summed E-state index contributed by atoms with van der Waals surface area (Å²) >= 11 is 0. The summed E-state index contributed by atoms with van der Waals surface area (Å²) in [5.74, 6) is 1.83. The van der Waals surface area contributed by atoms with Crippen molar-refractivity contribution < 1.29 is 0 Å². The van der Waals surface area contributed by atoms with Crippen LogP contribution in [0.3, 0.4) is 0 Å². The van der Waals surface area contributed by atoms with Crippen LogP contribution >= 0.6 is 0 Å². The number of rotatable bonds is 3. The quantitative estimate of drug-likeness (QED) is 0.507. The van der Waals surface area contributed by atoms with E-state index < -0.39 is 0 Å². The van der Waals surface area contributed by atoms with Gasteiger partial charge >= 0.3 is 0 Å². The summed E-state index contributed by atoms with van der Waals surface area (Å²) in [7, 11) is 0. The fourth-order valence-electron chi connectivity index (χ4n) is 3.97. The van der Waals surface area contributed by atoms with E-state index in [-0.39, 0.29) is 0 Å². The van der Waals surface area contributed by atoms with Crippen molar-refractivity contribution in [2.24, 2.45) is 0 Å². The molecule has 5 rings (SSSR count). The number of hydrogen-bond acceptors (Lipinski definition) is 5. The van der Waals surface area contributed by atoms with Gasteiger partial charge in [-0.05, 0) is 43.2 Å². The van der Waals surface area contributed by atoms with Crippen molar-refractivity contribution in [2.45, 2.75) is 27.7 Å². The molecule has 0 spiro atoms. The molecule has 160 valence electrons. The predicted octanol–water partition coefficient (Wildman–Crippen LogP) is 4.74. The van der Waals surface area contributed by atoms with Crippen molar-refractivity contribution in [3.8, 4) is 22.4 Å². The predicted molar refractivity (Wildman–Crippen MR) is 128 cm³/mol. The molecular formula is C25H30N6. The molecule has 0 unspecified atom stereocenters. The van der Waals surface area contributed by atoms with Crippen LogP contribution in [0, 0.1) is 13.8 Å². The lowest BCUT2D eigenvalue weighted by atomic mass is 10.0. The SMILES string of the molecule is CC.Cc1ncc(-c2[nH]c3cc(-c4ccc(N5CCNCC5)nc4)ccc3c2C)cn1. The van der Waals surface area contributed by atoms with E-state index in [0.717, 1.165) is 65.7 Å². The molecule has 3 aromatic heterocycles. The lowest BCUT2D eigenvalue weighted by molar-refractivity contribution is 0.585. The molecule has 1 saturated heterocycles. The Labute approximate surface area is 183 Å². The molecule has 6 nitrogen and oxygen atoms in total. The Balaban J connectivity index is 0.00000112. The number of benzene rings is 1. The highest BCUT2D eigenvalue weighted by molar-refractivity contribution is 5.93. The summed E-state index contributed by atoms with van der Waals surface area (Å²) in [4.78, 5) is 19.3. The molecule has 1 aromatic carbocycles. The number of H-pyrrole nitrogens is 1. The molecule has 4 heterocycles. The standard InChI is InChI=1S/C23H24N6.C2H6/c1-15-20-5-3-17(11-21(20)28-23(15)19-13-25-16(2)26-14-19)18-4-6-22(27-12-18)29-9-7-24-8-10-29;1-2/h3-6,11-14,24,28H,7-10H2,1-2H3;1-2H3. The molecule has 2 N–H and O–H groups in total. The zero-order chi connectivity index (χ0) is 21.8. The van der Waals surface area contributed by atoms with Crippen LogP contribution in [0.2, 0.25) is 0 Å². The zero-order valence-electron chi connectivity index (χ0n) is 18.7. The van der Waals surface area contributed by atoms with E-state index in [1.807, 2.05) is 39.4 Å². The highest BCUT2D eigenvalue weighted by Gasteiger charge is 2.13. The van der Waals surface area contributed by atoms with Gasteiger partial charge in [0.1, 0.15) is 11.6 Å². The summed E-state index contributed by atoms with van der Waals surface area (Å²) in [6.45, 7) is 12.1. The number of hydrogen-bond donors (Lipinski definition) is 2. The lowest BCUT2D eigenvalue weighted by Crippen LogP contribution is -2.43. The number of nitrogens with zero attached hydrogens (tertiary/aromatic N) is 4. The fourth-order valence-corrected chi connectivity index (χ4v) is 3.97. The molecule has 31 heavy (non-hydrogen) atoms. The van der Waals surface area contributed by atoms with Gasteiger partial charge in [-0.3, -0.25) is 0 Å². The molecule has 6 heteroatoms. The molecule has 1 aliphatic rings. The maximum Gasteiger partial charge on any atom is 0.128 e. The minimum absolute atomic E-state index is 0.779. The van der Waals surface area contributed by atoms with Crippen LogP contribution in [0.5, 0.6) is 0 Å². The Kier molecular flexibility index (Phi) is 6.28. The third kappa shape index (κ3) is 4.30. The summed E-state index contributed by atoms with van der Waals surface area (Å²) in [6, 6.07) is 10.8. The molecule has 1 fully saturated rings. The summed E-state index contributed by atoms with van der Waals surface area (Å²) in [5.41, 5.74) is 6.69. The molecular weight excluding hydrogens is 384 g/mol. The van der Waals surface area contributed by atoms with Crippen molar-refractivity contribution in [2.75, 3.05) is 31.1 Å². The van der Waals surface area contributed by atoms with Gasteiger partial charge < -0.3 is 15.2 Å². The maximum absolute atomic E-state index is 4.71. The minimum Gasteiger partial charge on any atom is -0.354 e. The first-order valence-electron chi connectivity index (χ1n) is 11.0. The number of pyridine rings is 1. The third-order valence-electron chi connectivity index (χ3n) is 5.65. The first-order valence-corrected chi connectivity index (χ1v) is 11.0. The second-order valence-corrected chi connectivity index (χ2v) is 7.55. The van der Waals surface area contributed by atoms with Crippen LogP contribution in [0.4, 0.5) is 5.82 Å². The van der Waals surface area contributed by atoms with E-state index in [1.54, 1.807) is 0 Å². The Bertz CT molecular complexity index is 1140. The first-order chi connectivity index (χ1) is 15.2. The second-order valence-electron chi connectivity index (χ2n) is 7.55. The van der Waals surface area contributed by atoms with Gasteiger partial charge in [0.2, 0.25) is 0 Å². The van der Waals surface area contributed by atoms with Crippen LogP contribution in [0.25, 0.3) is 33.3 Å². The number of piperazine rings is 1. The van der Waals surface area contributed by atoms with E-state index in [0.29, 0.717) is 0 Å². The maximum atomic E-state index is 4.71. The molecule has 1 aliphatic heterocycles. The second kappa shape index (κ2) is 9.27. The van der Waals surface area contributed by atoms with Crippen molar-refractivity contribution >= 4 is 16.7 Å². The summed E-state index contributed by atoms with van der Waals surface area (Å²) < 4.78 is 0. The summed E-state index contributed by atoms with van der Waals surface area (Å²) in [6.07, 6.45) is 5.72. The highest BCUT2D eigenvalue weighted by atomic mass is 15.2. The monoisotopic (exact) mass is 414 g/mol. The lowest BCUT2D eigenvalue weighted by Gasteiger charge is -2.28. The van der Waals surface area contributed by atoms with Gasteiger partial charge in [0.15, 0.2) is 0 Å². The molecule has 0 bridgehead atoms. The molecule has 4 aromatic rings. The number of fused-ring (bicyclic) bond motifs is 1. The Hall–Kier alpha value is -3.25. The van der Waals surface area contributed by atoms with E-state index >= 15 is 0 Å². The van der Waals surface area contributed by atoms with Crippen molar-refractivity contribution in [3.05, 3.63) is 60.3 Å². The highest BCUT2D eigenvalue weighted by Crippen LogP contribution is 2.32. The molecule has 0 aliphatic carbocycles. The normalized spacial score (nSPS) is 13.7. The van der Waals surface area contributed by atoms with Crippen molar-refractivity contribution in [1.82, 2.24) is 25.3 Å². The molecule has 0 amide bonds. The Morgan fingerprint density at radius 1 is 0.806 bits per heavy atom. The number of aromatic amines is 1. The van der Waals surface area contributed by atoms with Gasteiger partial charge in [0.25, 0.3) is 0 Å². The van der Waals surface area contributed by atoms with Crippen LogP contribution in [-0.4, -0.2) is 46.1 Å². The smallest absolute Gasteiger partial charge is 0.128 e. The van der Waals surface area contributed by atoms with Gasteiger partial charge in [-0.15, -0.1) is 0 Å². The van der Waals surface area contributed by atoms with Gasteiger partial charge in [-0.1, -0.05) is 26.0 Å². The van der Waals surface area contributed by atoms with E-state index in [2.05, 4.69) is 62.4 Å². The fraction of sp³-hybridized carbons (Fsp3) is 0.320. The van der Waals surface area contributed by atoms with Gasteiger partial charge in [0.05, 0.1) is 5.69 Å². The number of anilines is 1. The van der Waals surface area contributed by atoms with Crippen molar-refractivity contribution in [3.63, 3.8) is 0 Å². The van der Waals surface area contributed by atoms with Crippen LogP contribution in [0.15, 0.2) is 48.9 Å². The zero-order valence-corrected chi connectivity index (χ0v) is 18.7. The molecule has 0 saturated carbocycles. The topological polar surface area (TPSA) is 69.7 Å². The van der Waals surface area contributed by atoms with Crippen molar-refractivity contribution in [1.29, 1.82) is 0 Å². The molecule has 0 atom stereocenters. The average Bonchev–Trinajstić information content (AvgIpc) is 3.17. The molecule has 0 radical (unpaired) electrons. The Morgan fingerprint density at radius 3 is 2.16 bits per heavy atom. The van der Waals surface area contributed by atoms with E-state index in [1.165, 1.54) is 10.9 Å². The first kappa shape index (κ1) is 21.0. The van der Waals surface area contributed by atoms with Gasteiger partial charge in [-0.25, -0.2) is 15.0 Å². The van der Waals surface area contributed by atoms with E-state index in [9.17, 15) is 0 Å². The summed E-state index contributed by atoms with van der Waals surface area (Å²) in [5, 5.41) is 4.60. The van der Waals surface area contributed by atoms with Crippen LogP contribution in [0.1, 0.15) is 25.2 Å². The van der Waals surface area contributed by atoms with Crippen LogP contribution in [-0.2, 0) is 0 Å². The average molecular weight is 415 g/mol. The van der Waals surface area contributed by atoms with Gasteiger partial charge in [-0.2, -0.15) is 0 Å². The van der Waals surface area contributed by atoms with Gasteiger partial charge in [0, 0.05) is 66.8 Å². The number of nitrogens with one attached hydrogen (secondary N) is 2. The third-order valence-corrected chi connectivity index (χ3v) is 5.65. The van der Waals surface area contributed by atoms with E-state index in [4.69, 9.17) is 4.98 Å².